The Kier molecular flexibility index (Phi) is 4.08. The van der Waals surface area contributed by atoms with E-state index in [2.05, 4.69) is 22.2 Å². The first-order chi connectivity index (χ1) is 14.1. The summed E-state index contributed by atoms with van der Waals surface area (Å²) in [6.07, 6.45) is 1.29. The maximum absolute atomic E-state index is 12.9. The molecule has 7 nitrogen and oxygen atoms in total. The molecule has 2 heterocycles. The van der Waals surface area contributed by atoms with Crippen molar-refractivity contribution in [3.05, 3.63) is 59.8 Å². The van der Waals surface area contributed by atoms with E-state index in [1.165, 1.54) is 0 Å². The zero-order valence-corrected chi connectivity index (χ0v) is 16.3. The zero-order chi connectivity index (χ0) is 20.0. The van der Waals surface area contributed by atoms with Gasteiger partial charge in [-0.15, -0.1) is 5.10 Å². The number of Topliss-reactive ketones (excluding diaryl/α,β-unsaturated/α-hetero) is 1. The monoisotopic (exact) mass is 387 g/mol. The van der Waals surface area contributed by atoms with E-state index in [-0.39, 0.29) is 11.7 Å². The van der Waals surface area contributed by atoms with Crippen LogP contribution < -0.4 is 10.1 Å². The Balaban J connectivity index is 1.64. The molecule has 0 saturated heterocycles. The Morgan fingerprint density at radius 2 is 2.03 bits per heavy atom. The molecule has 1 unspecified atom stereocenters. The third kappa shape index (κ3) is 3.04. The number of imidazole rings is 1. The van der Waals surface area contributed by atoms with Gasteiger partial charge < -0.3 is 15.0 Å². The van der Waals surface area contributed by atoms with E-state index in [1.807, 2.05) is 48.5 Å². The number of methoxy groups -OCH3 is 1. The van der Waals surface area contributed by atoms with Crippen LogP contribution in [0, 0.1) is 5.92 Å². The quantitative estimate of drug-likeness (QED) is 0.546. The first kappa shape index (κ1) is 17.5. The largest absolute Gasteiger partial charge is 0.497 e. The molecule has 2 N–H and O–H groups in total. The minimum Gasteiger partial charge on any atom is -0.497 e. The highest BCUT2D eigenvalue weighted by Crippen LogP contribution is 2.34. The van der Waals surface area contributed by atoms with Gasteiger partial charge in [-0.05, 0) is 36.6 Å². The Hall–Kier alpha value is -3.61. The van der Waals surface area contributed by atoms with E-state index in [4.69, 9.17) is 9.84 Å². The van der Waals surface area contributed by atoms with Crippen LogP contribution in [0.15, 0.2) is 48.5 Å². The molecule has 0 saturated carbocycles. The summed E-state index contributed by atoms with van der Waals surface area (Å²) in [5, 5.41) is 8.04. The summed E-state index contributed by atoms with van der Waals surface area (Å²) < 4.78 is 7.07. The molecule has 0 radical (unpaired) electrons. The number of benzene rings is 2. The number of hydrogen-bond acceptors (Lipinski definition) is 5. The molecule has 1 aliphatic carbocycles. The number of nitrogens with one attached hydrogen (secondary N) is 2. The number of aromatic amines is 1. The Labute approximate surface area is 167 Å². The van der Waals surface area contributed by atoms with Crippen molar-refractivity contribution in [3.63, 3.8) is 0 Å². The van der Waals surface area contributed by atoms with Gasteiger partial charge in [0.25, 0.3) is 0 Å². The molecule has 29 heavy (non-hydrogen) atoms. The van der Waals surface area contributed by atoms with Gasteiger partial charge in [0, 0.05) is 18.2 Å². The third-order valence-electron chi connectivity index (χ3n) is 5.25. The average Bonchev–Trinajstić information content (AvgIpc) is 3.29. The van der Waals surface area contributed by atoms with Crippen LogP contribution in [0.4, 0.5) is 11.5 Å². The topological polar surface area (TPSA) is 84.8 Å². The van der Waals surface area contributed by atoms with Crippen molar-refractivity contribution >= 4 is 28.3 Å². The molecule has 2 aromatic heterocycles. The van der Waals surface area contributed by atoms with Crippen LogP contribution >= 0.6 is 0 Å². The first-order valence-corrected chi connectivity index (χ1v) is 9.63. The minimum atomic E-state index is 0.103. The molecule has 7 heteroatoms. The van der Waals surface area contributed by atoms with Crippen LogP contribution in [0.3, 0.4) is 0 Å². The second-order valence-electron chi connectivity index (χ2n) is 7.45. The summed E-state index contributed by atoms with van der Waals surface area (Å²) in [4.78, 5) is 20.9. The Bertz CT molecular complexity index is 1190. The molecule has 1 atom stereocenters. The summed E-state index contributed by atoms with van der Waals surface area (Å²) in [6, 6.07) is 15.4. The molecular formula is C22H21N5O2. The van der Waals surface area contributed by atoms with Gasteiger partial charge in [-0.25, -0.2) is 9.67 Å². The van der Waals surface area contributed by atoms with Gasteiger partial charge in [-0.3, -0.25) is 4.79 Å². The number of nitrogens with zero attached hydrogens (tertiary/aromatic N) is 3. The molecule has 1 aliphatic rings. The number of ketones is 1. The van der Waals surface area contributed by atoms with E-state index in [1.54, 1.807) is 11.8 Å². The molecule has 4 aromatic rings. The maximum atomic E-state index is 12.9. The predicted molar refractivity (Wildman–Crippen MR) is 111 cm³/mol. The third-order valence-corrected chi connectivity index (χ3v) is 5.25. The van der Waals surface area contributed by atoms with Crippen molar-refractivity contribution in [2.24, 2.45) is 5.92 Å². The SMILES string of the molecule is COc1cccc(Nc2nn(-c3nc4ccccc4[nH]3)c3c2C(=O)CC(C)C3)c1. The van der Waals surface area contributed by atoms with Crippen LogP contribution in [0.5, 0.6) is 5.75 Å². The van der Waals surface area contributed by atoms with Gasteiger partial charge in [-0.1, -0.05) is 25.1 Å². The number of fused-ring (bicyclic) bond motifs is 2. The average molecular weight is 387 g/mol. The lowest BCUT2D eigenvalue weighted by atomic mass is 9.88. The van der Waals surface area contributed by atoms with Crippen LogP contribution in [-0.2, 0) is 6.42 Å². The van der Waals surface area contributed by atoms with Gasteiger partial charge in [0.1, 0.15) is 5.75 Å². The molecule has 5 rings (SSSR count). The van der Waals surface area contributed by atoms with Crippen molar-refractivity contribution in [2.75, 3.05) is 12.4 Å². The van der Waals surface area contributed by atoms with Crippen molar-refractivity contribution in [1.29, 1.82) is 0 Å². The van der Waals surface area contributed by atoms with E-state index >= 15 is 0 Å². The van der Waals surface area contributed by atoms with Gasteiger partial charge in [0.05, 0.1) is 29.4 Å². The lowest BCUT2D eigenvalue weighted by molar-refractivity contribution is 0.0953. The molecule has 146 valence electrons. The smallest absolute Gasteiger partial charge is 0.229 e. The molecule has 0 amide bonds. The summed E-state index contributed by atoms with van der Waals surface area (Å²) in [6.45, 7) is 2.09. The maximum Gasteiger partial charge on any atom is 0.229 e. The highest BCUT2D eigenvalue weighted by Gasteiger charge is 2.31. The normalized spacial score (nSPS) is 16.1. The fourth-order valence-corrected chi connectivity index (χ4v) is 3.90. The van der Waals surface area contributed by atoms with Crippen LogP contribution in [0.1, 0.15) is 29.4 Å². The number of ether oxygens (including phenoxy) is 1. The summed E-state index contributed by atoms with van der Waals surface area (Å²) >= 11 is 0. The van der Waals surface area contributed by atoms with E-state index in [0.717, 1.165) is 34.6 Å². The molecule has 0 spiro atoms. The van der Waals surface area contributed by atoms with E-state index < -0.39 is 0 Å². The van der Waals surface area contributed by atoms with Gasteiger partial charge in [-0.2, -0.15) is 0 Å². The molecule has 2 aromatic carbocycles. The predicted octanol–water partition coefficient (Wildman–Crippen LogP) is 4.27. The second-order valence-corrected chi connectivity index (χ2v) is 7.45. The number of carbonyl (C=O) groups is 1. The van der Waals surface area contributed by atoms with Crippen molar-refractivity contribution in [1.82, 2.24) is 19.7 Å². The van der Waals surface area contributed by atoms with Crippen molar-refractivity contribution < 1.29 is 9.53 Å². The van der Waals surface area contributed by atoms with Crippen molar-refractivity contribution in [2.45, 2.75) is 19.8 Å². The first-order valence-electron chi connectivity index (χ1n) is 9.63. The minimum absolute atomic E-state index is 0.103. The van der Waals surface area contributed by atoms with E-state index in [0.29, 0.717) is 23.8 Å². The number of carbonyl (C=O) groups excluding carboxylic acids is 1. The zero-order valence-electron chi connectivity index (χ0n) is 16.3. The number of aromatic nitrogens is 4. The van der Waals surface area contributed by atoms with Crippen LogP contribution in [0.25, 0.3) is 17.0 Å². The number of rotatable bonds is 4. The van der Waals surface area contributed by atoms with E-state index in [9.17, 15) is 4.79 Å². The highest BCUT2D eigenvalue weighted by atomic mass is 16.5. The fraction of sp³-hybridized carbons (Fsp3) is 0.227. The lowest BCUT2D eigenvalue weighted by Gasteiger charge is -2.18. The van der Waals surface area contributed by atoms with Crippen LogP contribution in [0.2, 0.25) is 0 Å². The number of anilines is 2. The fourth-order valence-electron chi connectivity index (χ4n) is 3.90. The van der Waals surface area contributed by atoms with Gasteiger partial charge in [0.15, 0.2) is 11.6 Å². The summed E-state index contributed by atoms with van der Waals surface area (Å²) in [7, 11) is 1.63. The molecular weight excluding hydrogens is 366 g/mol. The standard InChI is InChI=1S/C22H21N5O2/c1-13-10-18-20(19(28)11-13)21(23-14-6-5-7-15(12-14)29-2)26-27(18)22-24-16-8-3-4-9-17(16)25-22/h3-9,12-13H,10-11H2,1-2H3,(H,23,26)(H,24,25). The summed E-state index contributed by atoms with van der Waals surface area (Å²) in [5.41, 5.74) is 4.14. The number of H-pyrrole nitrogens is 1. The molecule has 0 bridgehead atoms. The van der Waals surface area contributed by atoms with Gasteiger partial charge in [0.2, 0.25) is 5.95 Å². The lowest BCUT2D eigenvalue weighted by Crippen LogP contribution is -2.20. The second kappa shape index (κ2) is 6.77. The van der Waals surface area contributed by atoms with Crippen molar-refractivity contribution in [3.8, 4) is 11.7 Å². The Morgan fingerprint density at radius 1 is 1.17 bits per heavy atom. The van der Waals surface area contributed by atoms with Gasteiger partial charge >= 0.3 is 0 Å². The molecule has 0 fully saturated rings. The Morgan fingerprint density at radius 3 is 2.86 bits per heavy atom. The number of hydrogen-bond donors (Lipinski definition) is 2. The van der Waals surface area contributed by atoms with Crippen LogP contribution in [-0.4, -0.2) is 32.6 Å². The highest BCUT2D eigenvalue weighted by molar-refractivity contribution is 6.03. The molecule has 0 aliphatic heterocycles. The number of para-hydroxylation sites is 2. The summed E-state index contributed by atoms with van der Waals surface area (Å²) in [5.74, 6) is 2.26.